The van der Waals surface area contributed by atoms with E-state index in [0.717, 1.165) is 23.1 Å². The lowest BCUT2D eigenvalue weighted by Crippen LogP contribution is -2.06. The van der Waals surface area contributed by atoms with Crippen molar-refractivity contribution in [1.82, 2.24) is 9.38 Å². The maximum absolute atomic E-state index is 12.2. The van der Waals surface area contributed by atoms with Gasteiger partial charge in [-0.05, 0) is 37.1 Å². The number of hydrogen-bond donors (Lipinski definition) is 0. The molecule has 108 valence electrons. The molecule has 2 aromatic heterocycles. The number of halogens is 1. The molecule has 0 N–H and O–H groups in total. The van der Waals surface area contributed by atoms with Crippen molar-refractivity contribution in [3.05, 3.63) is 46.6 Å². The number of fused-ring (bicyclic) bond motifs is 3. The van der Waals surface area contributed by atoms with E-state index in [0.29, 0.717) is 22.7 Å². The fourth-order valence-corrected chi connectivity index (χ4v) is 2.84. The van der Waals surface area contributed by atoms with Crippen LogP contribution < -0.4 is 0 Å². The van der Waals surface area contributed by atoms with Crippen molar-refractivity contribution in [3.8, 4) is 0 Å². The molecule has 0 aliphatic rings. The van der Waals surface area contributed by atoms with Gasteiger partial charge in [-0.2, -0.15) is 0 Å². The molecule has 0 bridgehead atoms. The largest absolute Gasteiger partial charge is 0.462 e. The second-order valence-electron chi connectivity index (χ2n) is 4.71. The highest BCUT2D eigenvalue weighted by Crippen LogP contribution is 2.31. The van der Waals surface area contributed by atoms with Crippen molar-refractivity contribution in [2.24, 2.45) is 0 Å². The number of hydrogen-bond acceptors (Lipinski definition) is 3. The van der Waals surface area contributed by atoms with E-state index >= 15 is 0 Å². The van der Waals surface area contributed by atoms with E-state index in [2.05, 4.69) is 4.98 Å². The number of rotatable bonds is 3. The van der Waals surface area contributed by atoms with Gasteiger partial charge in [-0.3, -0.25) is 4.40 Å². The number of nitrogens with zero attached hydrogens (tertiary/aromatic N) is 2. The van der Waals surface area contributed by atoms with Crippen LogP contribution >= 0.6 is 11.6 Å². The third-order valence-electron chi connectivity index (χ3n) is 3.47. The van der Waals surface area contributed by atoms with E-state index in [4.69, 9.17) is 16.3 Å². The molecule has 0 saturated carbocycles. The Morgan fingerprint density at radius 1 is 1.38 bits per heavy atom. The number of aromatic nitrogens is 2. The van der Waals surface area contributed by atoms with Gasteiger partial charge in [-0.1, -0.05) is 24.6 Å². The molecule has 2 heterocycles. The highest BCUT2D eigenvalue weighted by Gasteiger charge is 2.20. The third kappa shape index (κ3) is 2.16. The average molecular weight is 303 g/mol. The maximum atomic E-state index is 12.2. The van der Waals surface area contributed by atoms with Crippen LogP contribution in [0.4, 0.5) is 0 Å². The van der Waals surface area contributed by atoms with Crippen LogP contribution in [0.5, 0.6) is 0 Å². The molecule has 3 aromatic rings. The van der Waals surface area contributed by atoms with Gasteiger partial charge in [0.2, 0.25) is 0 Å². The van der Waals surface area contributed by atoms with Crippen molar-refractivity contribution in [3.63, 3.8) is 0 Å². The molecule has 0 unspecified atom stereocenters. The summed E-state index contributed by atoms with van der Waals surface area (Å²) in [5.74, 6) is -0.364. The molecule has 0 spiro atoms. The number of esters is 1. The number of carbonyl (C=O) groups is 1. The van der Waals surface area contributed by atoms with Crippen LogP contribution in [0.2, 0.25) is 5.02 Å². The average Bonchev–Trinajstić information content (AvgIpc) is 2.87. The number of imidazole rings is 1. The van der Waals surface area contributed by atoms with E-state index < -0.39 is 0 Å². The minimum Gasteiger partial charge on any atom is -0.462 e. The summed E-state index contributed by atoms with van der Waals surface area (Å²) < 4.78 is 7.04. The lowest BCUT2D eigenvalue weighted by atomic mass is 10.1. The topological polar surface area (TPSA) is 43.6 Å². The third-order valence-corrected chi connectivity index (χ3v) is 3.89. The van der Waals surface area contributed by atoms with Gasteiger partial charge in [0.15, 0.2) is 0 Å². The van der Waals surface area contributed by atoms with Gasteiger partial charge in [0.1, 0.15) is 11.2 Å². The van der Waals surface area contributed by atoms with Crippen LogP contribution in [-0.2, 0) is 11.2 Å². The van der Waals surface area contributed by atoms with Gasteiger partial charge in [0, 0.05) is 6.20 Å². The fraction of sp³-hybridized carbons (Fsp3) is 0.250. The van der Waals surface area contributed by atoms with Crippen LogP contribution in [0.3, 0.4) is 0 Å². The lowest BCUT2D eigenvalue weighted by Gasteiger charge is -2.08. The quantitative estimate of drug-likeness (QED) is 0.690. The monoisotopic (exact) mass is 302 g/mol. The molecule has 21 heavy (non-hydrogen) atoms. The molecule has 1 aromatic carbocycles. The first-order valence-electron chi connectivity index (χ1n) is 6.92. The van der Waals surface area contributed by atoms with Crippen molar-refractivity contribution in [2.75, 3.05) is 6.61 Å². The molecule has 0 radical (unpaired) electrons. The Bertz CT molecular complexity index is 839. The van der Waals surface area contributed by atoms with E-state index in [1.165, 1.54) is 0 Å². The summed E-state index contributed by atoms with van der Waals surface area (Å²) in [5, 5.41) is 0.638. The van der Waals surface area contributed by atoms with Gasteiger partial charge in [-0.25, -0.2) is 9.78 Å². The Labute approximate surface area is 127 Å². The summed E-state index contributed by atoms with van der Waals surface area (Å²) in [6.45, 7) is 4.12. The standard InChI is InChI=1S/C16H15ClN2O2/c1-3-10-9-11(16(20)21-4-2)14-15(13(10)17)19-8-6-5-7-12(19)18-14/h5-9H,3-4H2,1-2H3. The Hall–Kier alpha value is -2.07. The molecule has 5 heteroatoms. The molecule has 0 fully saturated rings. The maximum Gasteiger partial charge on any atom is 0.340 e. The highest BCUT2D eigenvalue weighted by molar-refractivity contribution is 6.36. The minimum absolute atomic E-state index is 0.331. The number of carbonyl (C=O) groups excluding carboxylic acids is 1. The van der Waals surface area contributed by atoms with E-state index in [1.807, 2.05) is 35.7 Å². The summed E-state index contributed by atoms with van der Waals surface area (Å²) in [4.78, 5) is 16.7. The summed E-state index contributed by atoms with van der Waals surface area (Å²) in [6.07, 6.45) is 2.63. The SMILES string of the molecule is CCOC(=O)c1cc(CC)c(Cl)c2c1nc1ccccn12. The van der Waals surface area contributed by atoms with Crippen molar-refractivity contribution < 1.29 is 9.53 Å². The Morgan fingerprint density at radius 2 is 2.19 bits per heavy atom. The summed E-state index contributed by atoms with van der Waals surface area (Å²) in [7, 11) is 0. The zero-order valence-corrected chi connectivity index (χ0v) is 12.6. The molecular formula is C16H15ClN2O2. The zero-order valence-electron chi connectivity index (χ0n) is 11.9. The van der Waals surface area contributed by atoms with Gasteiger partial charge in [-0.15, -0.1) is 0 Å². The van der Waals surface area contributed by atoms with E-state index in [-0.39, 0.29) is 5.97 Å². The first kappa shape index (κ1) is 13.9. The van der Waals surface area contributed by atoms with Gasteiger partial charge in [0.25, 0.3) is 0 Å². The molecule has 4 nitrogen and oxygen atoms in total. The van der Waals surface area contributed by atoms with E-state index in [9.17, 15) is 4.79 Å². The van der Waals surface area contributed by atoms with Crippen molar-refractivity contribution >= 4 is 34.3 Å². The summed E-state index contributed by atoms with van der Waals surface area (Å²) in [6, 6.07) is 7.49. The van der Waals surface area contributed by atoms with Gasteiger partial charge >= 0.3 is 5.97 Å². The number of pyridine rings is 1. The fourth-order valence-electron chi connectivity index (χ4n) is 2.47. The lowest BCUT2D eigenvalue weighted by molar-refractivity contribution is 0.0528. The molecule has 0 atom stereocenters. The second kappa shape index (κ2) is 5.37. The van der Waals surface area contributed by atoms with Crippen molar-refractivity contribution in [2.45, 2.75) is 20.3 Å². The van der Waals surface area contributed by atoms with Crippen LogP contribution in [0.15, 0.2) is 30.5 Å². The molecule has 0 aliphatic heterocycles. The molecular weight excluding hydrogens is 288 g/mol. The summed E-state index contributed by atoms with van der Waals surface area (Å²) in [5.41, 5.74) is 3.49. The number of benzene rings is 1. The Kier molecular flexibility index (Phi) is 3.55. The van der Waals surface area contributed by atoms with Crippen LogP contribution in [0.25, 0.3) is 16.7 Å². The zero-order chi connectivity index (χ0) is 15.0. The Morgan fingerprint density at radius 3 is 2.90 bits per heavy atom. The smallest absolute Gasteiger partial charge is 0.340 e. The summed E-state index contributed by atoms with van der Waals surface area (Å²) >= 11 is 6.50. The number of ether oxygens (including phenoxy) is 1. The van der Waals surface area contributed by atoms with Crippen LogP contribution in [0, 0.1) is 0 Å². The molecule has 0 saturated heterocycles. The second-order valence-corrected chi connectivity index (χ2v) is 5.09. The first-order chi connectivity index (χ1) is 10.2. The van der Waals surface area contributed by atoms with Gasteiger partial charge in [0.05, 0.1) is 22.7 Å². The highest BCUT2D eigenvalue weighted by atomic mass is 35.5. The normalized spacial score (nSPS) is 11.2. The predicted molar refractivity (Wildman–Crippen MR) is 83.0 cm³/mol. The molecule has 3 rings (SSSR count). The number of aryl methyl sites for hydroxylation is 1. The molecule has 0 amide bonds. The minimum atomic E-state index is -0.364. The van der Waals surface area contributed by atoms with Crippen LogP contribution in [0.1, 0.15) is 29.8 Å². The predicted octanol–water partition coefficient (Wildman–Crippen LogP) is 3.88. The Balaban J connectivity index is 2.42. The molecule has 0 aliphatic carbocycles. The van der Waals surface area contributed by atoms with Crippen molar-refractivity contribution in [1.29, 1.82) is 0 Å². The first-order valence-corrected chi connectivity index (χ1v) is 7.30. The van der Waals surface area contributed by atoms with Crippen LogP contribution in [-0.4, -0.2) is 22.0 Å². The van der Waals surface area contributed by atoms with Gasteiger partial charge < -0.3 is 4.74 Å². The van der Waals surface area contributed by atoms with E-state index in [1.54, 1.807) is 13.0 Å².